The van der Waals surface area contributed by atoms with E-state index in [1.54, 1.807) is 17.0 Å². The number of rotatable bonds is 4. The van der Waals surface area contributed by atoms with Crippen LogP contribution in [0.25, 0.3) is 0 Å². The molecule has 1 N–H and O–H groups in total. The van der Waals surface area contributed by atoms with Crippen molar-refractivity contribution in [3.05, 3.63) is 35.6 Å². The van der Waals surface area contributed by atoms with Crippen molar-refractivity contribution in [2.24, 2.45) is 0 Å². The molecule has 0 saturated carbocycles. The lowest BCUT2D eigenvalue weighted by atomic mass is 10.1. The Balaban J connectivity index is 1.66. The summed E-state index contributed by atoms with van der Waals surface area (Å²) in [4.78, 5) is 28.5. The van der Waals surface area contributed by atoms with Crippen molar-refractivity contribution >= 4 is 11.8 Å². The van der Waals surface area contributed by atoms with E-state index in [1.165, 1.54) is 12.1 Å². The minimum atomic E-state index is -0.487. The van der Waals surface area contributed by atoms with Gasteiger partial charge in [-0.25, -0.2) is 4.39 Å². The van der Waals surface area contributed by atoms with E-state index in [2.05, 4.69) is 5.32 Å². The molecule has 2 amide bonds. The first-order chi connectivity index (χ1) is 11.6. The number of hydrogen-bond donors (Lipinski definition) is 1. The smallest absolute Gasteiger partial charge is 0.237 e. The van der Waals surface area contributed by atoms with E-state index in [0.29, 0.717) is 45.9 Å². The fourth-order valence-electron chi connectivity index (χ4n) is 3.10. The third-order valence-corrected chi connectivity index (χ3v) is 4.47. The maximum atomic E-state index is 13.0. The molecular formula is C17H22FN3O3. The predicted molar refractivity (Wildman–Crippen MR) is 85.6 cm³/mol. The summed E-state index contributed by atoms with van der Waals surface area (Å²) in [7, 11) is 0. The van der Waals surface area contributed by atoms with Crippen LogP contribution in [-0.4, -0.2) is 67.0 Å². The molecule has 24 heavy (non-hydrogen) atoms. The van der Waals surface area contributed by atoms with Gasteiger partial charge in [-0.2, -0.15) is 0 Å². The van der Waals surface area contributed by atoms with Gasteiger partial charge in [-0.05, 0) is 17.7 Å². The Morgan fingerprint density at radius 3 is 2.62 bits per heavy atom. The first kappa shape index (κ1) is 16.9. The average molecular weight is 335 g/mol. The van der Waals surface area contributed by atoms with Crippen LogP contribution in [-0.2, 0) is 20.9 Å². The van der Waals surface area contributed by atoms with Crippen molar-refractivity contribution in [3.63, 3.8) is 0 Å². The SMILES string of the molecule is O=C1NCCN(Cc2ccc(F)cc2)[C@@H]1CC(=O)N1CCOCC1. The monoisotopic (exact) mass is 335 g/mol. The number of carbonyl (C=O) groups excluding carboxylic acids is 2. The van der Waals surface area contributed by atoms with E-state index in [-0.39, 0.29) is 24.1 Å². The van der Waals surface area contributed by atoms with Gasteiger partial charge in [0.25, 0.3) is 0 Å². The molecule has 1 aromatic carbocycles. The maximum absolute atomic E-state index is 13.0. The van der Waals surface area contributed by atoms with E-state index in [1.807, 2.05) is 4.90 Å². The molecule has 0 spiro atoms. The fourth-order valence-corrected chi connectivity index (χ4v) is 3.10. The minimum Gasteiger partial charge on any atom is -0.378 e. The largest absolute Gasteiger partial charge is 0.378 e. The number of ether oxygens (including phenoxy) is 1. The molecule has 1 aromatic rings. The summed E-state index contributed by atoms with van der Waals surface area (Å²) in [6.07, 6.45) is 0.160. The third-order valence-electron chi connectivity index (χ3n) is 4.47. The van der Waals surface area contributed by atoms with Crippen molar-refractivity contribution in [3.8, 4) is 0 Å². The summed E-state index contributed by atoms with van der Waals surface area (Å²) in [5.41, 5.74) is 0.926. The minimum absolute atomic E-state index is 0.0237. The van der Waals surface area contributed by atoms with Crippen molar-refractivity contribution in [1.29, 1.82) is 0 Å². The summed E-state index contributed by atoms with van der Waals surface area (Å²) in [5, 5.41) is 2.83. The second kappa shape index (κ2) is 7.72. The van der Waals surface area contributed by atoms with E-state index < -0.39 is 6.04 Å². The summed E-state index contributed by atoms with van der Waals surface area (Å²) >= 11 is 0. The van der Waals surface area contributed by atoms with Crippen LogP contribution in [0.4, 0.5) is 4.39 Å². The molecule has 2 fully saturated rings. The van der Waals surface area contributed by atoms with E-state index >= 15 is 0 Å². The molecule has 3 rings (SSSR count). The summed E-state index contributed by atoms with van der Waals surface area (Å²) in [5.74, 6) is -0.427. The Labute approximate surface area is 140 Å². The zero-order chi connectivity index (χ0) is 16.9. The number of amides is 2. The molecule has 2 aliphatic heterocycles. The number of nitrogens with one attached hydrogen (secondary N) is 1. The second-order valence-corrected chi connectivity index (χ2v) is 6.10. The topological polar surface area (TPSA) is 61.9 Å². The normalized spacial score (nSPS) is 22.3. The molecule has 1 atom stereocenters. The third kappa shape index (κ3) is 4.10. The highest BCUT2D eigenvalue weighted by atomic mass is 19.1. The summed E-state index contributed by atoms with van der Waals surface area (Å²) in [6.45, 7) is 3.99. The van der Waals surface area contributed by atoms with Crippen LogP contribution in [0.5, 0.6) is 0 Å². The van der Waals surface area contributed by atoms with Gasteiger partial charge in [0, 0.05) is 32.7 Å². The molecular weight excluding hydrogens is 313 g/mol. The van der Waals surface area contributed by atoms with Crippen molar-refractivity contribution in [2.75, 3.05) is 39.4 Å². The highest BCUT2D eigenvalue weighted by Crippen LogP contribution is 2.16. The average Bonchev–Trinajstić information content (AvgIpc) is 2.60. The number of benzene rings is 1. The lowest BCUT2D eigenvalue weighted by Gasteiger charge is -2.36. The zero-order valence-electron chi connectivity index (χ0n) is 13.5. The van der Waals surface area contributed by atoms with E-state index in [0.717, 1.165) is 5.56 Å². The van der Waals surface area contributed by atoms with Crippen LogP contribution in [0.15, 0.2) is 24.3 Å². The van der Waals surface area contributed by atoms with Crippen molar-refractivity contribution < 1.29 is 18.7 Å². The van der Waals surface area contributed by atoms with Gasteiger partial charge in [-0.3, -0.25) is 14.5 Å². The molecule has 0 aliphatic carbocycles. The Kier molecular flexibility index (Phi) is 5.42. The Morgan fingerprint density at radius 2 is 1.92 bits per heavy atom. The number of hydrogen-bond acceptors (Lipinski definition) is 4. The van der Waals surface area contributed by atoms with Crippen LogP contribution in [0, 0.1) is 5.82 Å². The molecule has 2 saturated heterocycles. The van der Waals surface area contributed by atoms with Crippen LogP contribution < -0.4 is 5.32 Å². The second-order valence-electron chi connectivity index (χ2n) is 6.10. The first-order valence-corrected chi connectivity index (χ1v) is 8.25. The van der Waals surface area contributed by atoms with Gasteiger partial charge in [0.1, 0.15) is 5.82 Å². The summed E-state index contributed by atoms with van der Waals surface area (Å²) < 4.78 is 18.3. The molecule has 0 bridgehead atoms. The van der Waals surface area contributed by atoms with Gasteiger partial charge >= 0.3 is 0 Å². The highest BCUT2D eigenvalue weighted by molar-refractivity contribution is 5.88. The molecule has 0 unspecified atom stereocenters. The summed E-state index contributed by atoms with van der Waals surface area (Å²) in [6, 6.07) is 5.76. The number of nitrogens with zero attached hydrogens (tertiary/aromatic N) is 2. The van der Waals surface area contributed by atoms with Crippen LogP contribution >= 0.6 is 0 Å². The Bertz CT molecular complexity index is 587. The standard InChI is InChI=1S/C17H22FN3O3/c18-14-3-1-13(2-4-14)12-21-6-5-19-17(23)15(21)11-16(22)20-7-9-24-10-8-20/h1-4,15H,5-12H2,(H,19,23)/t15-/m1/s1. The van der Waals surface area contributed by atoms with Gasteiger partial charge in [0.15, 0.2) is 0 Å². The van der Waals surface area contributed by atoms with E-state index in [4.69, 9.17) is 4.74 Å². The molecule has 2 heterocycles. The Hall–Kier alpha value is -1.99. The molecule has 0 aromatic heterocycles. The van der Waals surface area contributed by atoms with Crippen LogP contribution in [0.3, 0.4) is 0 Å². The molecule has 7 heteroatoms. The predicted octanol–water partition coefficient (Wildman–Crippen LogP) is 0.375. The van der Waals surface area contributed by atoms with Crippen LogP contribution in [0.2, 0.25) is 0 Å². The zero-order valence-corrected chi connectivity index (χ0v) is 13.5. The molecule has 2 aliphatic rings. The molecule has 6 nitrogen and oxygen atoms in total. The van der Waals surface area contributed by atoms with Crippen molar-refractivity contribution in [1.82, 2.24) is 15.1 Å². The van der Waals surface area contributed by atoms with Gasteiger partial charge in [-0.15, -0.1) is 0 Å². The van der Waals surface area contributed by atoms with Gasteiger partial charge in [-0.1, -0.05) is 12.1 Å². The number of piperazine rings is 1. The number of carbonyl (C=O) groups is 2. The lowest BCUT2D eigenvalue weighted by Crippen LogP contribution is -2.56. The van der Waals surface area contributed by atoms with Gasteiger partial charge in [0.2, 0.25) is 11.8 Å². The number of halogens is 1. The quantitative estimate of drug-likeness (QED) is 0.864. The van der Waals surface area contributed by atoms with Crippen LogP contribution in [0.1, 0.15) is 12.0 Å². The van der Waals surface area contributed by atoms with Gasteiger partial charge in [0.05, 0.1) is 25.7 Å². The highest BCUT2D eigenvalue weighted by Gasteiger charge is 2.33. The van der Waals surface area contributed by atoms with E-state index in [9.17, 15) is 14.0 Å². The molecule has 130 valence electrons. The van der Waals surface area contributed by atoms with Crippen molar-refractivity contribution in [2.45, 2.75) is 19.0 Å². The van der Waals surface area contributed by atoms with Gasteiger partial charge < -0.3 is 15.0 Å². The number of morpholine rings is 1. The lowest BCUT2D eigenvalue weighted by molar-refractivity contribution is -0.141. The Morgan fingerprint density at radius 1 is 1.21 bits per heavy atom. The fraction of sp³-hybridized carbons (Fsp3) is 0.529. The first-order valence-electron chi connectivity index (χ1n) is 8.25. The molecule has 0 radical (unpaired) electrons. The maximum Gasteiger partial charge on any atom is 0.237 e.